The molecule has 1 spiro atoms. The second kappa shape index (κ2) is 12.1. The molecule has 3 saturated carbocycles. The molecule has 4 fully saturated rings. The van der Waals surface area contributed by atoms with Crippen LogP contribution in [0.15, 0.2) is 48.1 Å². The summed E-state index contributed by atoms with van der Waals surface area (Å²) in [6.45, 7) is 14.0. The summed E-state index contributed by atoms with van der Waals surface area (Å²) in [5.41, 5.74) is 6.01. The molecule has 5 aliphatic rings. The highest BCUT2D eigenvalue weighted by atomic mass is 16.7. The summed E-state index contributed by atoms with van der Waals surface area (Å²) in [6, 6.07) is 10.9. The van der Waals surface area contributed by atoms with E-state index in [1.54, 1.807) is 11.1 Å². The minimum atomic E-state index is -0.384. The third-order valence-electron chi connectivity index (χ3n) is 10.7. The first-order valence-corrected chi connectivity index (χ1v) is 15.9. The number of nitrogens with zero attached hydrogens (tertiary/aromatic N) is 1. The maximum Gasteiger partial charge on any atom is 0.169 e. The first-order valence-electron chi connectivity index (χ1n) is 15.9. The number of rotatable bonds is 2. The van der Waals surface area contributed by atoms with E-state index in [1.807, 2.05) is 19.1 Å². The molecule has 1 aliphatic heterocycles. The molecule has 4 heteroatoms. The van der Waals surface area contributed by atoms with Crippen molar-refractivity contribution >= 4 is 0 Å². The maximum atomic E-state index is 11.2. The standard InChI is InChI=1S/C34H44O3.C3H5N/c1-5-6-7-8-23-9-11-24(12-10-23)28-20-33(4)29(15-16-30(33)35)27-14-13-25-19-34(18-17-26(25)31(27)28)36-21-32(2,3)22-37-34;1-2-3-4/h5,9-12,25,27-30,35H,1,6,13-22H2,2-4H3;2H2,1H3. The van der Waals surface area contributed by atoms with Gasteiger partial charge in [0.15, 0.2) is 5.79 Å². The number of aliphatic hydroxyl groups excluding tert-OH is 1. The van der Waals surface area contributed by atoms with Crippen molar-refractivity contribution in [3.05, 3.63) is 59.2 Å². The van der Waals surface area contributed by atoms with Gasteiger partial charge in [-0.05, 0) is 79.4 Å². The van der Waals surface area contributed by atoms with E-state index in [-0.39, 0.29) is 22.7 Å². The summed E-state index contributed by atoms with van der Waals surface area (Å²) in [6.07, 6.45) is 11.7. The Morgan fingerprint density at radius 3 is 2.41 bits per heavy atom. The van der Waals surface area contributed by atoms with Crippen molar-refractivity contribution in [3.8, 4) is 17.9 Å². The first-order chi connectivity index (χ1) is 19.6. The molecule has 0 bridgehead atoms. The Morgan fingerprint density at radius 2 is 1.76 bits per heavy atom. The van der Waals surface area contributed by atoms with Gasteiger partial charge in [-0.1, -0.05) is 68.9 Å². The molecule has 1 aromatic rings. The van der Waals surface area contributed by atoms with Crippen LogP contribution in [0, 0.1) is 51.8 Å². The summed E-state index contributed by atoms with van der Waals surface area (Å²) >= 11 is 0. The van der Waals surface area contributed by atoms with Crippen LogP contribution in [0.5, 0.6) is 0 Å². The smallest absolute Gasteiger partial charge is 0.169 e. The first kappa shape index (κ1) is 30.1. The van der Waals surface area contributed by atoms with Crippen LogP contribution in [0.2, 0.25) is 0 Å². The zero-order valence-corrected chi connectivity index (χ0v) is 25.7. The van der Waals surface area contributed by atoms with Crippen LogP contribution < -0.4 is 0 Å². The zero-order chi connectivity index (χ0) is 29.3. The number of allylic oxidation sites excluding steroid dienone is 3. The molecule has 0 radical (unpaired) electrons. The van der Waals surface area contributed by atoms with Crippen LogP contribution in [0.3, 0.4) is 0 Å². The molecule has 1 heterocycles. The predicted octanol–water partition coefficient (Wildman–Crippen LogP) is 8.07. The fraction of sp³-hybridized carbons (Fsp3) is 0.649. The summed E-state index contributed by atoms with van der Waals surface area (Å²) < 4.78 is 12.9. The highest BCUT2D eigenvalue weighted by molar-refractivity contribution is 5.44. The number of hydrogen-bond acceptors (Lipinski definition) is 4. The Labute approximate surface area is 248 Å². The van der Waals surface area contributed by atoms with Crippen LogP contribution in [0.4, 0.5) is 0 Å². The predicted molar refractivity (Wildman–Crippen MR) is 164 cm³/mol. The van der Waals surface area contributed by atoms with Gasteiger partial charge < -0.3 is 14.6 Å². The highest BCUT2D eigenvalue weighted by Gasteiger charge is 2.57. The molecular formula is C37H49NO3. The quantitative estimate of drug-likeness (QED) is 0.296. The summed E-state index contributed by atoms with van der Waals surface area (Å²) in [5, 5.41) is 18.8. The lowest BCUT2D eigenvalue weighted by molar-refractivity contribution is -0.312. The number of hydrogen-bond donors (Lipinski definition) is 1. The second-order valence-corrected chi connectivity index (χ2v) is 14.1. The van der Waals surface area contributed by atoms with Crippen molar-refractivity contribution in [2.24, 2.45) is 28.6 Å². The number of ether oxygens (including phenoxy) is 2. The van der Waals surface area contributed by atoms with Gasteiger partial charge in [0.1, 0.15) is 0 Å². The molecule has 41 heavy (non-hydrogen) atoms. The van der Waals surface area contributed by atoms with Gasteiger partial charge in [0.25, 0.3) is 0 Å². The third-order valence-corrected chi connectivity index (χ3v) is 10.7. The van der Waals surface area contributed by atoms with E-state index < -0.39 is 0 Å². The maximum absolute atomic E-state index is 11.2. The van der Waals surface area contributed by atoms with Crippen LogP contribution in [0.25, 0.3) is 0 Å². The van der Waals surface area contributed by atoms with E-state index >= 15 is 0 Å². The SMILES string of the molecule is C=CCC#Cc1ccc(C2CC3(C)C(O)CCC3C3CCC4CC5(CCC4=C23)OCC(C)(C)CO5)cc1.CCC#N. The van der Waals surface area contributed by atoms with E-state index in [2.05, 4.69) is 63.5 Å². The Balaban J connectivity index is 0.000000794. The molecule has 4 nitrogen and oxygen atoms in total. The minimum absolute atomic E-state index is 0.00569. The van der Waals surface area contributed by atoms with Gasteiger partial charge in [-0.15, -0.1) is 6.58 Å². The van der Waals surface area contributed by atoms with Crippen LogP contribution >= 0.6 is 0 Å². The lowest BCUT2D eigenvalue weighted by atomic mass is 9.52. The van der Waals surface area contributed by atoms with Gasteiger partial charge in [-0.2, -0.15) is 5.26 Å². The summed E-state index contributed by atoms with van der Waals surface area (Å²) in [5.74, 6) is 8.20. The average molecular weight is 556 g/mol. The normalized spacial score (nSPS) is 34.5. The Kier molecular flexibility index (Phi) is 8.87. The van der Waals surface area contributed by atoms with Gasteiger partial charge in [-0.3, -0.25) is 0 Å². The average Bonchev–Trinajstić information content (AvgIpc) is 3.28. The number of nitriles is 1. The van der Waals surface area contributed by atoms with Crippen molar-refractivity contribution in [1.82, 2.24) is 0 Å². The van der Waals surface area contributed by atoms with Gasteiger partial charge in [-0.25, -0.2) is 0 Å². The van der Waals surface area contributed by atoms with Gasteiger partial charge in [0.2, 0.25) is 0 Å². The third kappa shape index (κ3) is 5.95. The van der Waals surface area contributed by atoms with Crippen LogP contribution in [-0.2, 0) is 9.47 Å². The van der Waals surface area contributed by atoms with Crippen LogP contribution in [-0.4, -0.2) is 30.2 Å². The van der Waals surface area contributed by atoms with Gasteiger partial charge >= 0.3 is 0 Å². The molecule has 6 atom stereocenters. The Morgan fingerprint density at radius 1 is 1.05 bits per heavy atom. The molecule has 6 rings (SSSR count). The van der Waals surface area contributed by atoms with Crippen molar-refractivity contribution in [2.45, 2.75) is 110 Å². The molecule has 220 valence electrons. The van der Waals surface area contributed by atoms with E-state index in [0.29, 0.717) is 36.5 Å². The number of aliphatic hydroxyl groups is 1. The summed E-state index contributed by atoms with van der Waals surface area (Å²) in [7, 11) is 0. The minimum Gasteiger partial charge on any atom is -0.393 e. The molecule has 1 N–H and O–H groups in total. The fourth-order valence-corrected chi connectivity index (χ4v) is 8.52. The van der Waals surface area contributed by atoms with E-state index in [9.17, 15) is 5.11 Å². The van der Waals surface area contributed by atoms with E-state index in [4.69, 9.17) is 14.7 Å². The number of benzene rings is 1. The van der Waals surface area contributed by atoms with Crippen molar-refractivity contribution < 1.29 is 14.6 Å². The lowest BCUT2D eigenvalue weighted by Crippen LogP contribution is -2.52. The molecule has 1 aromatic carbocycles. The second-order valence-electron chi connectivity index (χ2n) is 14.1. The van der Waals surface area contributed by atoms with Gasteiger partial charge in [0, 0.05) is 42.6 Å². The Hall–Kier alpha value is -2.37. The van der Waals surface area contributed by atoms with Crippen molar-refractivity contribution in [1.29, 1.82) is 5.26 Å². The van der Waals surface area contributed by atoms with E-state index in [1.165, 1.54) is 24.8 Å². The molecular weight excluding hydrogens is 506 g/mol. The zero-order valence-electron chi connectivity index (χ0n) is 25.7. The monoisotopic (exact) mass is 555 g/mol. The Bertz CT molecular complexity index is 1230. The molecule has 0 aromatic heterocycles. The molecule has 4 aliphatic carbocycles. The van der Waals surface area contributed by atoms with Crippen LogP contribution in [0.1, 0.15) is 109 Å². The number of fused-ring (bicyclic) bond motifs is 4. The van der Waals surface area contributed by atoms with Crippen molar-refractivity contribution in [3.63, 3.8) is 0 Å². The summed E-state index contributed by atoms with van der Waals surface area (Å²) in [4.78, 5) is 0. The van der Waals surface area contributed by atoms with Crippen molar-refractivity contribution in [2.75, 3.05) is 13.2 Å². The van der Waals surface area contributed by atoms with Gasteiger partial charge in [0.05, 0.1) is 25.4 Å². The molecule has 6 unspecified atom stereocenters. The van der Waals surface area contributed by atoms with E-state index in [0.717, 1.165) is 50.9 Å². The highest BCUT2D eigenvalue weighted by Crippen LogP contribution is 2.65. The lowest BCUT2D eigenvalue weighted by Gasteiger charge is -2.55. The molecule has 0 amide bonds. The fourth-order valence-electron chi connectivity index (χ4n) is 8.52. The molecule has 1 saturated heterocycles. The topological polar surface area (TPSA) is 62.5 Å². The largest absolute Gasteiger partial charge is 0.393 e.